The van der Waals surface area contributed by atoms with E-state index in [0.717, 1.165) is 10.9 Å². The first-order valence-electron chi connectivity index (χ1n) is 8.07. The number of sulfonamides is 1. The Kier molecular flexibility index (Phi) is 4.06. The average molecular weight is 361 g/mol. The standard InChI is InChI=1S/C16H19N5O3S/c1-20-10-12(8-18-20)15-9-17-6-7-21(15)25(22,23)11-14-13-4-2-3-5-16(13)24-19-14/h2-5,8,10,15,17H,6-7,9,11H2,1H3/t15-/m0/s1. The van der Waals surface area contributed by atoms with Gasteiger partial charge in [0, 0.05) is 43.8 Å². The highest BCUT2D eigenvalue weighted by Crippen LogP contribution is 2.28. The number of nitrogens with one attached hydrogen (secondary N) is 1. The number of hydrogen-bond acceptors (Lipinski definition) is 6. The summed E-state index contributed by atoms with van der Waals surface area (Å²) >= 11 is 0. The van der Waals surface area contributed by atoms with Gasteiger partial charge in [0.1, 0.15) is 11.4 Å². The lowest BCUT2D eigenvalue weighted by atomic mass is 10.1. The fourth-order valence-electron chi connectivity index (χ4n) is 3.21. The molecule has 0 saturated carbocycles. The van der Waals surface area contributed by atoms with E-state index in [0.29, 0.717) is 30.9 Å². The van der Waals surface area contributed by atoms with Crippen molar-refractivity contribution in [3.8, 4) is 0 Å². The summed E-state index contributed by atoms with van der Waals surface area (Å²) in [6.45, 7) is 1.59. The highest BCUT2D eigenvalue weighted by Gasteiger charge is 2.34. The molecule has 25 heavy (non-hydrogen) atoms. The molecule has 1 N–H and O–H groups in total. The molecule has 3 heterocycles. The summed E-state index contributed by atoms with van der Waals surface area (Å²) in [6.07, 6.45) is 3.57. The van der Waals surface area contributed by atoms with Crippen LogP contribution in [0, 0.1) is 0 Å². The summed E-state index contributed by atoms with van der Waals surface area (Å²) in [4.78, 5) is 0. The van der Waals surface area contributed by atoms with Gasteiger partial charge in [-0.3, -0.25) is 4.68 Å². The number of fused-ring (bicyclic) bond motifs is 1. The lowest BCUT2D eigenvalue weighted by Crippen LogP contribution is -2.48. The lowest BCUT2D eigenvalue weighted by Gasteiger charge is -2.34. The van der Waals surface area contributed by atoms with Crippen LogP contribution in [0.2, 0.25) is 0 Å². The molecule has 1 aliphatic rings. The molecular weight excluding hydrogens is 342 g/mol. The smallest absolute Gasteiger partial charge is 0.220 e. The number of hydrogen-bond donors (Lipinski definition) is 1. The van der Waals surface area contributed by atoms with Gasteiger partial charge >= 0.3 is 0 Å². The number of benzene rings is 1. The molecule has 0 spiro atoms. The molecule has 1 atom stereocenters. The number of aromatic nitrogens is 3. The van der Waals surface area contributed by atoms with Gasteiger partial charge in [0.25, 0.3) is 0 Å². The second-order valence-corrected chi connectivity index (χ2v) is 8.08. The molecule has 0 bridgehead atoms. The monoisotopic (exact) mass is 361 g/mol. The van der Waals surface area contributed by atoms with E-state index in [4.69, 9.17) is 4.52 Å². The van der Waals surface area contributed by atoms with Crippen LogP contribution < -0.4 is 5.32 Å². The highest BCUT2D eigenvalue weighted by molar-refractivity contribution is 7.88. The number of piperazine rings is 1. The molecule has 4 rings (SSSR count). The van der Waals surface area contributed by atoms with Gasteiger partial charge in [0.15, 0.2) is 5.58 Å². The van der Waals surface area contributed by atoms with E-state index in [9.17, 15) is 8.42 Å². The summed E-state index contributed by atoms with van der Waals surface area (Å²) in [5.74, 6) is -0.180. The van der Waals surface area contributed by atoms with E-state index in [1.165, 1.54) is 0 Å². The highest BCUT2D eigenvalue weighted by atomic mass is 32.2. The van der Waals surface area contributed by atoms with Crippen molar-refractivity contribution in [2.45, 2.75) is 11.8 Å². The van der Waals surface area contributed by atoms with Gasteiger partial charge in [0.2, 0.25) is 10.0 Å². The number of nitrogens with zero attached hydrogens (tertiary/aromatic N) is 4. The van der Waals surface area contributed by atoms with Crippen LogP contribution in [0.4, 0.5) is 0 Å². The van der Waals surface area contributed by atoms with Crippen molar-refractivity contribution < 1.29 is 12.9 Å². The maximum Gasteiger partial charge on any atom is 0.220 e. The Bertz CT molecular complexity index is 994. The second-order valence-electron chi connectivity index (χ2n) is 6.16. The maximum absolute atomic E-state index is 13.1. The molecule has 0 unspecified atom stereocenters. The number of aryl methyl sites for hydroxylation is 1. The fraction of sp³-hybridized carbons (Fsp3) is 0.375. The molecule has 1 aromatic carbocycles. The Morgan fingerprint density at radius 3 is 3.00 bits per heavy atom. The average Bonchev–Trinajstić information content (AvgIpc) is 3.22. The largest absolute Gasteiger partial charge is 0.356 e. The third-order valence-corrected chi connectivity index (χ3v) is 6.22. The Morgan fingerprint density at radius 1 is 1.36 bits per heavy atom. The van der Waals surface area contributed by atoms with E-state index >= 15 is 0 Å². The van der Waals surface area contributed by atoms with E-state index in [1.807, 2.05) is 31.4 Å². The third-order valence-electron chi connectivity index (χ3n) is 4.43. The molecular formula is C16H19N5O3S. The van der Waals surface area contributed by atoms with Crippen molar-refractivity contribution in [2.24, 2.45) is 7.05 Å². The van der Waals surface area contributed by atoms with Crippen molar-refractivity contribution >= 4 is 21.0 Å². The summed E-state index contributed by atoms with van der Waals surface area (Å²) in [5.41, 5.74) is 1.92. The van der Waals surface area contributed by atoms with E-state index in [2.05, 4.69) is 15.6 Å². The zero-order chi connectivity index (χ0) is 17.4. The molecule has 132 valence electrons. The molecule has 2 aromatic heterocycles. The molecule has 0 aliphatic carbocycles. The predicted molar refractivity (Wildman–Crippen MR) is 92.2 cm³/mol. The van der Waals surface area contributed by atoms with Crippen LogP contribution >= 0.6 is 0 Å². The van der Waals surface area contributed by atoms with Crippen molar-refractivity contribution in [1.82, 2.24) is 24.6 Å². The molecule has 1 fully saturated rings. The first-order valence-corrected chi connectivity index (χ1v) is 9.67. The van der Waals surface area contributed by atoms with Crippen LogP contribution in [-0.4, -0.2) is 47.3 Å². The van der Waals surface area contributed by atoms with Gasteiger partial charge in [-0.25, -0.2) is 8.42 Å². The van der Waals surface area contributed by atoms with Crippen LogP contribution in [-0.2, 0) is 22.8 Å². The quantitative estimate of drug-likeness (QED) is 0.746. The lowest BCUT2D eigenvalue weighted by molar-refractivity contribution is 0.271. The maximum atomic E-state index is 13.1. The molecule has 1 aliphatic heterocycles. The molecule has 0 radical (unpaired) electrons. The first kappa shape index (κ1) is 16.2. The topological polar surface area (TPSA) is 93.3 Å². The van der Waals surface area contributed by atoms with Crippen molar-refractivity contribution in [2.75, 3.05) is 19.6 Å². The third kappa shape index (κ3) is 3.06. The Morgan fingerprint density at radius 2 is 2.20 bits per heavy atom. The van der Waals surface area contributed by atoms with Crippen LogP contribution in [0.3, 0.4) is 0 Å². The van der Waals surface area contributed by atoms with E-state index in [1.54, 1.807) is 21.3 Å². The fourth-order valence-corrected chi connectivity index (χ4v) is 4.89. The molecule has 8 nitrogen and oxygen atoms in total. The van der Waals surface area contributed by atoms with Crippen LogP contribution in [0.1, 0.15) is 17.3 Å². The van der Waals surface area contributed by atoms with Gasteiger partial charge < -0.3 is 9.84 Å². The Hall–Kier alpha value is -2.23. The summed E-state index contributed by atoms with van der Waals surface area (Å²) in [5, 5.41) is 12.1. The van der Waals surface area contributed by atoms with Gasteiger partial charge in [-0.2, -0.15) is 9.40 Å². The van der Waals surface area contributed by atoms with Gasteiger partial charge in [0.05, 0.1) is 12.2 Å². The second kappa shape index (κ2) is 6.25. The summed E-state index contributed by atoms with van der Waals surface area (Å²) < 4.78 is 34.6. The van der Waals surface area contributed by atoms with Crippen LogP contribution in [0.5, 0.6) is 0 Å². The summed E-state index contributed by atoms with van der Waals surface area (Å²) in [7, 11) is -1.73. The molecule has 1 saturated heterocycles. The van der Waals surface area contributed by atoms with Gasteiger partial charge in [-0.1, -0.05) is 17.3 Å². The molecule has 3 aromatic rings. The minimum atomic E-state index is -3.55. The molecule has 9 heteroatoms. The number of para-hydroxylation sites is 1. The molecule has 0 amide bonds. The SMILES string of the molecule is Cn1cc([C@@H]2CNCCN2S(=O)(=O)Cc2noc3ccccc23)cn1. The van der Waals surface area contributed by atoms with Crippen molar-refractivity contribution in [3.63, 3.8) is 0 Å². The number of rotatable bonds is 4. The van der Waals surface area contributed by atoms with Crippen molar-refractivity contribution in [1.29, 1.82) is 0 Å². The minimum absolute atomic E-state index is 0.180. The first-order chi connectivity index (χ1) is 12.0. The zero-order valence-electron chi connectivity index (χ0n) is 13.8. The zero-order valence-corrected chi connectivity index (χ0v) is 14.6. The van der Waals surface area contributed by atoms with E-state index < -0.39 is 10.0 Å². The van der Waals surface area contributed by atoms with Crippen LogP contribution in [0.25, 0.3) is 11.0 Å². The summed E-state index contributed by atoms with van der Waals surface area (Å²) in [6, 6.07) is 7.01. The predicted octanol–water partition coefficient (Wildman–Crippen LogP) is 1.04. The van der Waals surface area contributed by atoms with Crippen molar-refractivity contribution in [3.05, 3.63) is 47.9 Å². The Labute approximate surface area is 145 Å². The normalized spacial score (nSPS) is 19.5. The minimum Gasteiger partial charge on any atom is -0.356 e. The Balaban J connectivity index is 1.65. The van der Waals surface area contributed by atoms with E-state index in [-0.39, 0.29) is 11.8 Å². The van der Waals surface area contributed by atoms with Crippen LogP contribution in [0.15, 0.2) is 41.2 Å². The van der Waals surface area contributed by atoms with Gasteiger partial charge in [-0.15, -0.1) is 0 Å². The van der Waals surface area contributed by atoms with Gasteiger partial charge in [-0.05, 0) is 12.1 Å².